The highest BCUT2D eigenvalue weighted by atomic mass is 16.6. The number of amides is 1. The molecule has 0 radical (unpaired) electrons. The molecule has 1 amide bonds. The van der Waals surface area contributed by atoms with E-state index in [9.17, 15) is 19.7 Å². The first kappa shape index (κ1) is 22.4. The van der Waals surface area contributed by atoms with E-state index < -0.39 is 16.8 Å². The first-order valence-corrected chi connectivity index (χ1v) is 9.99. The van der Waals surface area contributed by atoms with Gasteiger partial charge in [0.15, 0.2) is 0 Å². The maximum atomic E-state index is 13.3. The van der Waals surface area contributed by atoms with E-state index in [2.05, 4.69) is 5.32 Å². The van der Waals surface area contributed by atoms with Crippen LogP contribution in [0.3, 0.4) is 0 Å². The van der Waals surface area contributed by atoms with Gasteiger partial charge in [0.2, 0.25) is 0 Å². The average molecular weight is 430 g/mol. The van der Waals surface area contributed by atoms with Crippen molar-refractivity contribution in [3.63, 3.8) is 0 Å². The molecule has 0 saturated heterocycles. The monoisotopic (exact) mass is 430 g/mol. The summed E-state index contributed by atoms with van der Waals surface area (Å²) < 4.78 is 5.04. The van der Waals surface area contributed by atoms with Gasteiger partial charge in [-0.1, -0.05) is 48.5 Å². The molecule has 0 aliphatic heterocycles. The Hall–Kier alpha value is -4.26. The SMILES string of the molecule is CCOC(=O)c1ccc(C)c(NC(=O)/C(=C/c2cccc([N+](=O)[O-])c2)c2ccccc2)c1. The summed E-state index contributed by atoms with van der Waals surface area (Å²) in [7, 11) is 0. The summed E-state index contributed by atoms with van der Waals surface area (Å²) in [5, 5.41) is 14.0. The Balaban J connectivity index is 1.99. The van der Waals surface area contributed by atoms with Gasteiger partial charge in [-0.15, -0.1) is 0 Å². The summed E-state index contributed by atoms with van der Waals surface area (Å²) in [5.41, 5.74) is 3.00. The van der Waals surface area contributed by atoms with Gasteiger partial charge in [0.25, 0.3) is 11.6 Å². The lowest BCUT2D eigenvalue weighted by molar-refractivity contribution is -0.384. The Morgan fingerprint density at radius 2 is 1.75 bits per heavy atom. The first-order valence-electron chi connectivity index (χ1n) is 9.99. The molecule has 0 aromatic heterocycles. The highest BCUT2D eigenvalue weighted by molar-refractivity contribution is 6.29. The minimum absolute atomic E-state index is 0.0652. The molecule has 0 heterocycles. The topological polar surface area (TPSA) is 98.5 Å². The number of anilines is 1. The van der Waals surface area contributed by atoms with Gasteiger partial charge >= 0.3 is 5.97 Å². The number of nitrogens with one attached hydrogen (secondary N) is 1. The molecule has 0 aliphatic carbocycles. The Bertz CT molecular complexity index is 1190. The third kappa shape index (κ3) is 5.46. The fourth-order valence-corrected chi connectivity index (χ4v) is 3.08. The van der Waals surface area contributed by atoms with Crippen molar-refractivity contribution < 1.29 is 19.2 Å². The van der Waals surface area contributed by atoms with Crippen molar-refractivity contribution in [3.8, 4) is 0 Å². The van der Waals surface area contributed by atoms with E-state index in [1.807, 2.05) is 13.0 Å². The van der Waals surface area contributed by atoms with Gasteiger partial charge < -0.3 is 10.1 Å². The van der Waals surface area contributed by atoms with E-state index in [0.717, 1.165) is 5.56 Å². The van der Waals surface area contributed by atoms with Crippen molar-refractivity contribution in [3.05, 3.63) is 105 Å². The fraction of sp³-hybridized carbons (Fsp3) is 0.120. The Morgan fingerprint density at radius 3 is 2.44 bits per heavy atom. The highest BCUT2D eigenvalue weighted by Gasteiger charge is 2.16. The Labute approximate surface area is 185 Å². The molecular weight excluding hydrogens is 408 g/mol. The van der Waals surface area contributed by atoms with Gasteiger partial charge in [-0.25, -0.2) is 4.79 Å². The molecule has 3 aromatic rings. The van der Waals surface area contributed by atoms with E-state index >= 15 is 0 Å². The van der Waals surface area contributed by atoms with Crippen molar-refractivity contribution in [2.75, 3.05) is 11.9 Å². The third-order valence-corrected chi connectivity index (χ3v) is 4.72. The van der Waals surface area contributed by atoms with Gasteiger partial charge in [0.1, 0.15) is 0 Å². The highest BCUT2D eigenvalue weighted by Crippen LogP contribution is 2.24. The zero-order chi connectivity index (χ0) is 23.1. The van der Waals surface area contributed by atoms with Crippen LogP contribution in [0.15, 0.2) is 72.8 Å². The summed E-state index contributed by atoms with van der Waals surface area (Å²) in [4.78, 5) is 36.0. The summed E-state index contributed by atoms with van der Waals surface area (Å²) in [6.07, 6.45) is 1.60. The van der Waals surface area contributed by atoms with Crippen LogP contribution in [0.5, 0.6) is 0 Å². The number of nitro groups is 1. The Morgan fingerprint density at radius 1 is 1.00 bits per heavy atom. The molecule has 0 aliphatic rings. The average Bonchev–Trinajstić information content (AvgIpc) is 2.79. The van der Waals surface area contributed by atoms with Crippen LogP contribution in [-0.4, -0.2) is 23.4 Å². The summed E-state index contributed by atoms with van der Waals surface area (Å²) in [6.45, 7) is 3.79. The van der Waals surface area contributed by atoms with E-state index in [0.29, 0.717) is 28.0 Å². The number of rotatable bonds is 7. The number of carbonyl (C=O) groups is 2. The standard InChI is InChI=1S/C25H22N2O5/c1-3-32-25(29)20-13-12-17(2)23(16-20)26-24(28)22(19-9-5-4-6-10-19)15-18-8-7-11-21(14-18)27(30)31/h4-16H,3H2,1-2H3,(H,26,28)/b22-15+. The molecule has 0 unspecified atom stereocenters. The number of esters is 1. The number of aryl methyl sites for hydroxylation is 1. The predicted molar refractivity (Wildman–Crippen MR) is 123 cm³/mol. The third-order valence-electron chi connectivity index (χ3n) is 4.72. The predicted octanol–water partition coefficient (Wildman–Crippen LogP) is 5.26. The normalized spacial score (nSPS) is 11.0. The molecule has 7 nitrogen and oxygen atoms in total. The number of nitro benzene ring substituents is 1. The summed E-state index contributed by atoms with van der Waals surface area (Å²) in [6, 6.07) is 20.0. The van der Waals surface area contributed by atoms with E-state index in [1.54, 1.807) is 67.6 Å². The number of benzene rings is 3. The maximum Gasteiger partial charge on any atom is 0.338 e. The van der Waals surface area contributed by atoms with Gasteiger partial charge in [-0.2, -0.15) is 0 Å². The first-order chi connectivity index (χ1) is 15.4. The van der Waals surface area contributed by atoms with Crippen LogP contribution in [0.4, 0.5) is 11.4 Å². The maximum absolute atomic E-state index is 13.3. The largest absolute Gasteiger partial charge is 0.462 e. The van der Waals surface area contributed by atoms with Crippen LogP contribution in [0.2, 0.25) is 0 Å². The molecule has 1 N–H and O–H groups in total. The lowest BCUT2D eigenvalue weighted by Crippen LogP contribution is -2.15. The Kier molecular flexibility index (Phi) is 7.13. The molecule has 0 bridgehead atoms. The van der Waals surface area contributed by atoms with E-state index in [4.69, 9.17) is 4.74 Å². The van der Waals surface area contributed by atoms with Crippen molar-refractivity contribution in [1.82, 2.24) is 0 Å². The van der Waals surface area contributed by atoms with E-state index in [-0.39, 0.29) is 12.3 Å². The van der Waals surface area contributed by atoms with E-state index in [1.165, 1.54) is 12.1 Å². The zero-order valence-corrected chi connectivity index (χ0v) is 17.7. The number of carbonyl (C=O) groups excluding carboxylic acids is 2. The smallest absolute Gasteiger partial charge is 0.338 e. The van der Waals surface area contributed by atoms with Crippen molar-refractivity contribution in [2.45, 2.75) is 13.8 Å². The van der Waals surface area contributed by atoms with Gasteiger partial charge in [-0.3, -0.25) is 14.9 Å². The summed E-state index contributed by atoms with van der Waals surface area (Å²) >= 11 is 0. The lowest BCUT2D eigenvalue weighted by atomic mass is 10.0. The second-order valence-electron chi connectivity index (χ2n) is 6.98. The zero-order valence-electron chi connectivity index (χ0n) is 17.7. The van der Waals surface area contributed by atoms with Crippen LogP contribution in [0.1, 0.15) is 34.0 Å². The fourth-order valence-electron chi connectivity index (χ4n) is 3.08. The number of non-ortho nitro benzene ring substituents is 1. The molecular formula is C25H22N2O5. The van der Waals surface area contributed by atoms with Gasteiger partial charge in [-0.05, 0) is 48.7 Å². The minimum atomic E-state index is -0.482. The number of nitrogens with zero attached hydrogens (tertiary/aromatic N) is 1. The van der Waals surface area contributed by atoms with Crippen LogP contribution in [0, 0.1) is 17.0 Å². The molecule has 32 heavy (non-hydrogen) atoms. The molecule has 0 spiro atoms. The van der Waals surface area contributed by atoms with Gasteiger partial charge in [0.05, 0.1) is 17.1 Å². The summed E-state index contributed by atoms with van der Waals surface area (Å²) in [5.74, 6) is -0.884. The molecule has 0 saturated carbocycles. The second kappa shape index (κ2) is 10.2. The quantitative estimate of drug-likeness (QED) is 0.181. The van der Waals surface area contributed by atoms with Crippen molar-refractivity contribution in [2.24, 2.45) is 0 Å². The molecule has 3 aromatic carbocycles. The molecule has 3 rings (SSSR count). The molecule has 162 valence electrons. The van der Waals surface area contributed by atoms with Crippen LogP contribution >= 0.6 is 0 Å². The van der Waals surface area contributed by atoms with Crippen molar-refractivity contribution >= 4 is 34.9 Å². The molecule has 7 heteroatoms. The number of ether oxygens (including phenoxy) is 1. The van der Waals surface area contributed by atoms with Crippen molar-refractivity contribution in [1.29, 1.82) is 0 Å². The van der Waals surface area contributed by atoms with Crippen LogP contribution in [-0.2, 0) is 9.53 Å². The minimum Gasteiger partial charge on any atom is -0.462 e. The van der Waals surface area contributed by atoms with Crippen LogP contribution < -0.4 is 5.32 Å². The number of hydrogen-bond donors (Lipinski definition) is 1. The second-order valence-corrected chi connectivity index (χ2v) is 6.98. The molecule has 0 atom stereocenters. The number of hydrogen-bond acceptors (Lipinski definition) is 5. The lowest BCUT2D eigenvalue weighted by Gasteiger charge is -2.13. The van der Waals surface area contributed by atoms with Crippen LogP contribution in [0.25, 0.3) is 11.6 Å². The van der Waals surface area contributed by atoms with Gasteiger partial charge in [0, 0.05) is 23.4 Å². The molecule has 0 fully saturated rings.